The molecule has 3 nitrogen and oxygen atoms in total. The number of carbonyl (C=O) groups is 3. The Bertz CT molecular complexity index is 572. The lowest BCUT2D eigenvalue weighted by Crippen LogP contribution is -2.17. The fourth-order valence-electron chi connectivity index (χ4n) is 1.55. The van der Waals surface area contributed by atoms with Crippen LogP contribution in [-0.4, -0.2) is 48.2 Å². The Morgan fingerprint density at radius 2 is 1.37 bits per heavy atom. The van der Waals surface area contributed by atoms with Gasteiger partial charge in [-0.2, -0.15) is 11.8 Å². The molecule has 2 atom stereocenters. The first-order valence-corrected chi connectivity index (χ1v) is 13.4. The molecule has 0 aromatic rings. The number of allylic oxidation sites excluding steroid dienone is 1. The summed E-state index contributed by atoms with van der Waals surface area (Å²) in [5, 5.41) is 0.342. The fraction of sp³-hybridized carbons (Fsp3) is 0.526. The number of hydrogen-bond donors (Lipinski definition) is 0. The molecule has 0 amide bonds. The van der Waals surface area contributed by atoms with E-state index in [0.29, 0.717) is 16.9 Å². The van der Waals surface area contributed by atoms with Gasteiger partial charge in [0.05, 0.1) is 4.58 Å². The van der Waals surface area contributed by atoms with Crippen LogP contribution in [0.2, 0.25) is 0 Å². The third-order valence-corrected chi connectivity index (χ3v) is 9.93. The predicted octanol–water partition coefficient (Wildman–Crippen LogP) is 5.68. The normalized spacial score (nSPS) is 13.3. The highest BCUT2D eigenvalue weighted by atomic mass is 32.2. The van der Waals surface area contributed by atoms with E-state index in [0.717, 1.165) is 17.3 Å². The Kier molecular flexibility index (Phi) is 15.8. The Morgan fingerprint density at radius 3 is 1.81 bits per heavy atom. The van der Waals surface area contributed by atoms with Gasteiger partial charge in [-0.3, -0.25) is 14.4 Å². The summed E-state index contributed by atoms with van der Waals surface area (Å²) in [7, 11) is 0. The summed E-state index contributed by atoms with van der Waals surface area (Å²) in [4.78, 5) is 35.2. The monoisotopic (exact) mass is 464 g/mol. The van der Waals surface area contributed by atoms with E-state index in [-0.39, 0.29) is 25.2 Å². The predicted molar refractivity (Wildman–Crippen MR) is 130 cm³/mol. The Labute approximate surface area is 184 Å². The van der Waals surface area contributed by atoms with Crippen LogP contribution in [0, 0.1) is 0 Å². The number of thioether (sulfide) groups is 5. The molecule has 0 bridgehead atoms. The average molecular weight is 465 g/mol. The first-order valence-electron chi connectivity index (χ1n) is 8.40. The van der Waals surface area contributed by atoms with Crippen molar-refractivity contribution in [2.75, 3.05) is 23.0 Å². The lowest BCUT2D eigenvalue weighted by Gasteiger charge is -2.21. The van der Waals surface area contributed by atoms with Gasteiger partial charge in [-0.05, 0) is 38.0 Å². The molecule has 27 heavy (non-hydrogen) atoms. The molecule has 8 heteroatoms. The second-order valence-electron chi connectivity index (χ2n) is 5.58. The maximum Gasteiger partial charge on any atom is 0.214 e. The number of rotatable bonds is 13. The van der Waals surface area contributed by atoms with Crippen molar-refractivity contribution in [1.82, 2.24) is 0 Å². The first-order chi connectivity index (χ1) is 12.7. The van der Waals surface area contributed by atoms with Crippen molar-refractivity contribution in [3.63, 3.8) is 0 Å². The van der Waals surface area contributed by atoms with Crippen molar-refractivity contribution in [3.8, 4) is 0 Å². The lowest BCUT2D eigenvalue weighted by molar-refractivity contribution is -0.108. The van der Waals surface area contributed by atoms with Crippen LogP contribution in [0.15, 0.2) is 36.5 Å². The van der Waals surface area contributed by atoms with Crippen LogP contribution in [0.25, 0.3) is 0 Å². The molecule has 152 valence electrons. The smallest absolute Gasteiger partial charge is 0.214 e. The highest BCUT2D eigenvalue weighted by Gasteiger charge is 2.21. The van der Waals surface area contributed by atoms with E-state index >= 15 is 0 Å². The molecular weight excluding hydrogens is 437 g/mol. The quantitative estimate of drug-likeness (QED) is 0.196. The molecule has 0 radical (unpaired) electrons. The second-order valence-corrected chi connectivity index (χ2v) is 11.9. The van der Waals surface area contributed by atoms with E-state index in [9.17, 15) is 14.4 Å². The zero-order valence-corrected chi connectivity index (χ0v) is 20.4. The van der Waals surface area contributed by atoms with Gasteiger partial charge in [-0.1, -0.05) is 61.4 Å². The lowest BCUT2D eigenvalue weighted by atomic mass is 10.4. The van der Waals surface area contributed by atoms with Crippen LogP contribution >= 0.6 is 58.8 Å². The van der Waals surface area contributed by atoms with E-state index in [1.165, 1.54) is 35.3 Å². The highest BCUT2D eigenvalue weighted by molar-refractivity contribution is 8.26. The van der Waals surface area contributed by atoms with Crippen molar-refractivity contribution >= 4 is 74.2 Å². The summed E-state index contributed by atoms with van der Waals surface area (Å²) in [6.45, 7) is 14.7. The highest BCUT2D eigenvalue weighted by Crippen LogP contribution is 2.34. The molecular formula is C19H28O3S5. The third-order valence-electron chi connectivity index (χ3n) is 2.91. The van der Waals surface area contributed by atoms with E-state index in [4.69, 9.17) is 0 Å². The SMILES string of the molecule is C=C(C)C(=O)SCCSC(C)C(SCCSC(=O)C(=C)C)SC(=O)C=CC. The van der Waals surface area contributed by atoms with Gasteiger partial charge in [0.25, 0.3) is 0 Å². The minimum atomic E-state index is 0.0198. The van der Waals surface area contributed by atoms with Crippen molar-refractivity contribution < 1.29 is 14.4 Å². The van der Waals surface area contributed by atoms with Gasteiger partial charge in [0, 0.05) is 28.3 Å². The summed E-state index contributed by atoms with van der Waals surface area (Å²) >= 11 is 7.35. The van der Waals surface area contributed by atoms with Crippen LogP contribution < -0.4 is 0 Å². The Morgan fingerprint density at radius 1 is 0.889 bits per heavy atom. The summed E-state index contributed by atoms with van der Waals surface area (Å²) < 4.78 is 0.0982. The van der Waals surface area contributed by atoms with Crippen molar-refractivity contribution in [2.45, 2.75) is 37.5 Å². The molecule has 0 aliphatic carbocycles. The number of hydrogen-bond acceptors (Lipinski definition) is 8. The van der Waals surface area contributed by atoms with Crippen LogP contribution in [0.3, 0.4) is 0 Å². The second kappa shape index (κ2) is 15.9. The molecule has 0 aromatic heterocycles. The summed E-state index contributed by atoms with van der Waals surface area (Å²) in [5.41, 5.74) is 1.13. The van der Waals surface area contributed by atoms with Crippen molar-refractivity contribution in [3.05, 3.63) is 36.5 Å². The molecule has 0 spiro atoms. The number of carbonyl (C=O) groups excluding carboxylic acids is 3. The molecule has 0 N–H and O–H groups in total. The fourth-order valence-corrected chi connectivity index (χ4v) is 7.23. The van der Waals surface area contributed by atoms with Gasteiger partial charge in [-0.25, -0.2) is 0 Å². The standard InChI is InChI=1S/C19H28O3S5/c1-7-8-16(20)27-19(26-12-11-25-18(22)14(4)5)15(6)23-9-10-24-17(21)13(2)3/h7-8,15,19H,2,4,9-12H2,1,3,5-6H3. The first kappa shape index (κ1) is 27.0. The van der Waals surface area contributed by atoms with Gasteiger partial charge in [0.1, 0.15) is 0 Å². The zero-order valence-electron chi connectivity index (χ0n) is 16.3. The average Bonchev–Trinajstić information content (AvgIpc) is 2.60. The van der Waals surface area contributed by atoms with E-state index < -0.39 is 0 Å². The van der Waals surface area contributed by atoms with Crippen molar-refractivity contribution in [1.29, 1.82) is 0 Å². The van der Waals surface area contributed by atoms with Crippen LogP contribution in [0.5, 0.6) is 0 Å². The van der Waals surface area contributed by atoms with Crippen LogP contribution in [-0.2, 0) is 14.4 Å². The Balaban J connectivity index is 4.48. The van der Waals surface area contributed by atoms with Crippen molar-refractivity contribution in [2.24, 2.45) is 0 Å². The summed E-state index contributed by atoms with van der Waals surface area (Å²) in [6, 6.07) is 0. The molecule has 0 saturated heterocycles. The minimum absolute atomic E-state index is 0.0198. The largest absolute Gasteiger partial charge is 0.282 e. The summed E-state index contributed by atoms with van der Waals surface area (Å²) in [6.07, 6.45) is 3.33. The van der Waals surface area contributed by atoms with Crippen LogP contribution in [0.1, 0.15) is 27.7 Å². The third kappa shape index (κ3) is 13.7. The Hall–Kier alpha value is -0.0200. The van der Waals surface area contributed by atoms with Gasteiger partial charge in [0.2, 0.25) is 15.3 Å². The van der Waals surface area contributed by atoms with E-state index in [1.807, 2.05) is 6.92 Å². The van der Waals surface area contributed by atoms with Gasteiger partial charge in [-0.15, -0.1) is 11.8 Å². The maximum atomic E-state index is 12.0. The molecule has 0 heterocycles. The maximum absolute atomic E-state index is 12.0. The topological polar surface area (TPSA) is 51.2 Å². The van der Waals surface area contributed by atoms with Crippen LogP contribution in [0.4, 0.5) is 0 Å². The van der Waals surface area contributed by atoms with Gasteiger partial charge in [0.15, 0.2) is 0 Å². The molecule has 0 aromatic carbocycles. The molecule has 0 aliphatic rings. The molecule has 0 saturated carbocycles. The molecule has 2 unspecified atom stereocenters. The van der Waals surface area contributed by atoms with E-state index in [2.05, 4.69) is 20.1 Å². The summed E-state index contributed by atoms with van der Waals surface area (Å²) in [5.74, 6) is 3.06. The van der Waals surface area contributed by atoms with Gasteiger partial charge < -0.3 is 0 Å². The molecule has 0 rings (SSSR count). The minimum Gasteiger partial charge on any atom is -0.282 e. The van der Waals surface area contributed by atoms with E-state index in [1.54, 1.807) is 49.5 Å². The van der Waals surface area contributed by atoms with Gasteiger partial charge >= 0.3 is 0 Å². The molecule has 0 fully saturated rings. The molecule has 0 aliphatic heterocycles. The zero-order chi connectivity index (χ0) is 20.8.